The first-order chi connectivity index (χ1) is 11.8. The second-order valence-electron chi connectivity index (χ2n) is 5.75. The zero-order valence-corrected chi connectivity index (χ0v) is 13.8. The van der Waals surface area contributed by atoms with Crippen LogP contribution in [0, 0.1) is 0 Å². The van der Waals surface area contributed by atoms with Gasteiger partial charge in [-0.05, 0) is 40.8 Å². The molecule has 8 heteroatoms. The van der Waals surface area contributed by atoms with Gasteiger partial charge in [0.2, 0.25) is 5.16 Å². The molecular formula is C16H17N5O2S. The Morgan fingerprint density at radius 3 is 3.00 bits per heavy atom. The predicted octanol–water partition coefficient (Wildman–Crippen LogP) is 2.16. The van der Waals surface area contributed by atoms with Crippen LogP contribution in [0.4, 0.5) is 0 Å². The van der Waals surface area contributed by atoms with E-state index in [2.05, 4.69) is 20.5 Å². The van der Waals surface area contributed by atoms with Crippen LogP contribution >= 0.6 is 11.8 Å². The number of H-pyrrole nitrogens is 1. The van der Waals surface area contributed by atoms with Gasteiger partial charge in [-0.15, -0.1) is 5.10 Å². The molecule has 0 bridgehead atoms. The molecule has 0 spiro atoms. The van der Waals surface area contributed by atoms with E-state index in [-0.39, 0.29) is 11.6 Å². The Hall–Kier alpha value is -2.19. The fraction of sp³-hybridized carbons (Fsp3) is 0.375. The average Bonchev–Trinajstić information content (AvgIpc) is 3.09. The lowest BCUT2D eigenvalue weighted by atomic mass is 10.1. The first-order valence-corrected chi connectivity index (χ1v) is 8.89. The van der Waals surface area contributed by atoms with Crippen LogP contribution in [0.2, 0.25) is 0 Å². The number of pyridine rings is 1. The van der Waals surface area contributed by atoms with Gasteiger partial charge in [-0.2, -0.15) is 0 Å². The Bertz CT molecular complexity index is 901. The van der Waals surface area contributed by atoms with Crippen molar-refractivity contribution in [2.45, 2.75) is 29.8 Å². The number of ether oxygens (including phenoxy) is 1. The second-order valence-corrected chi connectivity index (χ2v) is 6.69. The summed E-state index contributed by atoms with van der Waals surface area (Å²) in [5.41, 5.74) is 0.804. The number of hydrogen-bond donors (Lipinski definition) is 1. The average molecular weight is 343 g/mol. The van der Waals surface area contributed by atoms with Crippen LogP contribution in [-0.4, -0.2) is 38.4 Å². The van der Waals surface area contributed by atoms with Gasteiger partial charge in [0.05, 0.1) is 6.04 Å². The molecule has 1 saturated heterocycles. The van der Waals surface area contributed by atoms with Crippen LogP contribution in [-0.2, 0) is 10.5 Å². The normalized spacial score (nSPS) is 15.8. The number of nitrogens with one attached hydrogen (secondary N) is 1. The third-order valence-corrected chi connectivity index (χ3v) is 5.15. The van der Waals surface area contributed by atoms with Crippen molar-refractivity contribution in [1.29, 1.82) is 0 Å². The van der Waals surface area contributed by atoms with Crippen molar-refractivity contribution in [3.63, 3.8) is 0 Å². The summed E-state index contributed by atoms with van der Waals surface area (Å²) < 4.78 is 7.27. The molecule has 0 saturated carbocycles. The number of tetrazole rings is 1. The van der Waals surface area contributed by atoms with Crippen LogP contribution in [0.1, 0.15) is 24.6 Å². The van der Waals surface area contributed by atoms with E-state index in [1.807, 2.05) is 35.0 Å². The molecule has 7 nitrogen and oxygen atoms in total. The standard InChI is InChI=1S/C16H17N5O2S/c22-15-14-4-2-1-3-11(14)9-12(17-15)10-24-16-18-19-20-21(16)13-5-7-23-8-6-13/h1-4,9,13H,5-8,10H2,(H,17,22). The molecule has 0 aliphatic carbocycles. The van der Waals surface area contributed by atoms with E-state index in [0.717, 1.165) is 42.3 Å². The Morgan fingerprint density at radius 1 is 1.29 bits per heavy atom. The van der Waals surface area contributed by atoms with Crippen LogP contribution in [0.15, 0.2) is 40.3 Å². The Kier molecular flexibility index (Phi) is 4.31. The van der Waals surface area contributed by atoms with Gasteiger partial charge in [0.1, 0.15) is 0 Å². The minimum Gasteiger partial charge on any atom is -0.381 e. The minimum absolute atomic E-state index is 0.0623. The molecule has 0 unspecified atom stereocenters. The summed E-state index contributed by atoms with van der Waals surface area (Å²) in [6.45, 7) is 1.49. The number of fused-ring (bicyclic) bond motifs is 1. The summed E-state index contributed by atoms with van der Waals surface area (Å²) in [5.74, 6) is 0.615. The molecular weight excluding hydrogens is 326 g/mol. The number of hydrogen-bond acceptors (Lipinski definition) is 6. The van der Waals surface area contributed by atoms with Gasteiger partial charge in [0, 0.05) is 30.0 Å². The summed E-state index contributed by atoms with van der Waals surface area (Å²) in [5, 5.41) is 14.5. The molecule has 3 aromatic rings. The molecule has 0 amide bonds. The van der Waals surface area contributed by atoms with E-state index in [0.29, 0.717) is 11.1 Å². The molecule has 4 rings (SSSR count). The smallest absolute Gasteiger partial charge is 0.256 e. The molecule has 1 aromatic carbocycles. The fourth-order valence-electron chi connectivity index (χ4n) is 2.93. The third kappa shape index (κ3) is 3.07. The molecule has 1 aliphatic rings. The summed E-state index contributed by atoms with van der Waals surface area (Å²) >= 11 is 1.53. The van der Waals surface area contributed by atoms with E-state index in [4.69, 9.17) is 4.74 Å². The van der Waals surface area contributed by atoms with E-state index in [1.165, 1.54) is 11.8 Å². The van der Waals surface area contributed by atoms with Crippen LogP contribution in [0.5, 0.6) is 0 Å². The molecule has 3 heterocycles. The highest BCUT2D eigenvalue weighted by molar-refractivity contribution is 7.98. The number of aromatic amines is 1. The molecule has 0 radical (unpaired) electrons. The number of nitrogens with zero attached hydrogens (tertiary/aromatic N) is 4. The SMILES string of the molecule is O=c1[nH]c(CSc2nnnn2C2CCOCC2)cc2ccccc12. The van der Waals surface area contributed by atoms with E-state index in [9.17, 15) is 4.79 Å². The molecule has 1 fully saturated rings. The molecule has 24 heavy (non-hydrogen) atoms. The highest BCUT2D eigenvalue weighted by atomic mass is 32.2. The molecule has 0 atom stereocenters. The lowest BCUT2D eigenvalue weighted by Crippen LogP contribution is -2.21. The molecule has 1 N–H and O–H groups in total. The van der Waals surface area contributed by atoms with Crippen LogP contribution in [0.25, 0.3) is 10.8 Å². The third-order valence-electron chi connectivity index (χ3n) is 4.17. The maximum atomic E-state index is 12.2. The van der Waals surface area contributed by atoms with Gasteiger partial charge < -0.3 is 9.72 Å². The van der Waals surface area contributed by atoms with Crippen LogP contribution < -0.4 is 5.56 Å². The van der Waals surface area contributed by atoms with Crippen molar-refractivity contribution >= 4 is 22.5 Å². The van der Waals surface area contributed by atoms with Crippen LogP contribution in [0.3, 0.4) is 0 Å². The largest absolute Gasteiger partial charge is 0.381 e. The number of thioether (sulfide) groups is 1. The van der Waals surface area contributed by atoms with Gasteiger partial charge in [0.25, 0.3) is 5.56 Å². The maximum absolute atomic E-state index is 12.2. The lowest BCUT2D eigenvalue weighted by molar-refractivity contribution is 0.0631. The first kappa shape index (κ1) is 15.3. The molecule has 124 valence electrons. The zero-order valence-electron chi connectivity index (χ0n) is 13.0. The Labute approximate surface area is 142 Å². The van der Waals surface area contributed by atoms with Crippen molar-refractivity contribution in [1.82, 2.24) is 25.2 Å². The van der Waals surface area contributed by atoms with E-state index < -0.39 is 0 Å². The van der Waals surface area contributed by atoms with E-state index >= 15 is 0 Å². The maximum Gasteiger partial charge on any atom is 0.256 e. The van der Waals surface area contributed by atoms with Crippen molar-refractivity contribution < 1.29 is 4.74 Å². The molecule has 2 aromatic heterocycles. The highest BCUT2D eigenvalue weighted by Gasteiger charge is 2.20. The first-order valence-electron chi connectivity index (χ1n) is 7.90. The van der Waals surface area contributed by atoms with Gasteiger partial charge in [-0.1, -0.05) is 30.0 Å². The van der Waals surface area contributed by atoms with Gasteiger partial charge >= 0.3 is 0 Å². The second kappa shape index (κ2) is 6.74. The summed E-state index contributed by atoms with van der Waals surface area (Å²) in [4.78, 5) is 15.1. The number of benzene rings is 1. The van der Waals surface area contributed by atoms with Crippen molar-refractivity contribution in [3.05, 3.63) is 46.4 Å². The van der Waals surface area contributed by atoms with Crippen molar-refractivity contribution in [3.8, 4) is 0 Å². The highest BCUT2D eigenvalue weighted by Crippen LogP contribution is 2.26. The summed E-state index contributed by atoms with van der Waals surface area (Å²) in [7, 11) is 0. The van der Waals surface area contributed by atoms with Gasteiger partial charge in [-0.25, -0.2) is 4.68 Å². The summed E-state index contributed by atoms with van der Waals surface area (Å²) in [6, 6.07) is 9.87. The monoisotopic (exact) mass is 343 g/mol. The minimum atomic E-state index is -0.0623. The predicted molar refractivity (Wildman–Crippen MR) is 91.0 cm³/mol. The number of rotatable bonds is 4. The van der Waals surface area contributed by atoms with Crippen molar-refractivity contribution in [2.24, 2.45) is 0 Å². The molecule has 1 aliphatic heterocycles. The Morgan fingerprint density at radius 2 is 2.12 bits per heavy atom. The van der Waals surface area contributed by atoms with Gasteiger partial charge in [0.15, 0.2) is 0 Å². The lowest BCUT2D eigenvalue weighted by Gasteiger charge is -2.22. The Balaban J connectivity index is 1.53. The zero-order chi connectivity index (χ0) is 16.4. The summed E-state index contributed by atoms with van der Waals surface area (Å²) in [6.07, 6.45) is 1.84. The quantitative estimate of drug-likeness (QED) is 0.731. The fourth-order valence-corrected chi connectivity index (χ4v) is 3.78. The topological polar surface area (TPSA) is 85.7 Å². The van der Waals surface area contributed by atoms with E-state index in [1.54, 1.807) is 0 Å². The number of aromatic nitrogens is 5. The van der Waals surface area contributed by atoms with Gasteiger partial charge in [-0.3, -0.25) is 4.79 Å². The van der Waals surface area contributed by atoms with Crippen molar-refractivity contribution in [2.75, 3.05) is 13.2 Å².